The molecule has 0 aliphatic carbocycles. The average molecular weight is 209 g/mol. The largest absolute Gasteiger partial charge is 0.498 e. The van der Waals surface area contributed by atoms with Crippen molar-refractivity contribution in [2.75, 3.05) is 19.7 Å². The highest BCUT2D eigenvalue weighted by Crippen LogP contribution is 2.37. The van der Waals surface area contributed by atoms with Gasteiger partial charge in [-0.3, -0.25) is 4.79 Å². The summed E-state index contributed by atoms with van der Waals surface area (Å²) in [5, 5.41) is 3.06. The van der Waals surface area contributed by atoms with Gasteiger partial charge in [-0.05, 0) is 26.3 Å². The molecule has 1 fully saturated rings. The number of hydrogen-bond acceptors (Lipinski definition) is 3. The van der Waals surface area contributed by atoms with Crippen LogP contribution in [0.4, 0.5) is 0 Å². The molecule has 15 heavy (non-hydrogen) atoms. The minimum absolute atomic E-state index is 0.159. The predicted octanol–water partition coefficient (Wildman–Crippen LogP) is 1.66. The van der Waals surface area contributed by atoms with Crippen LogP contribution in [0.1, 0.15) is 19.8 Å². The zero-order valence-electron chi connectivity index (χ0n) is 9.34. The van der Waals surface area contributed by atoms with Crippen molar-refractivity contribution in [3.8, 4) is 0 Å². The minimum atomic E-state index is -0.539. The first-order chi connectivity index (χ1) is 7.17. The summed E-state index contributed by atoms with van der Waals surface area (Å²) >= 11 is 0. The Labute approximate surface area is 91.2 Å². The number of Topliss-reactive ketones (excluding diaryl/α,β-unsaturated/α-hetero) is 1. The highest BCUT2D eigenvalue weighted by atomic mass is 16.5. The second kappa shape index (κ2) is 5.12. The van der Waals surface area contributed by atoms with Gasteiger partial charge in [0.2, 0.25) is 0 Å². The maximum absolute atomic E-state index is 12.0. The molecule has 1 aliphatic rings. The molecule has 1 atom stereocenters. The second-order valence-electron chi connectivity index (χ2n) is 3.78. The van der Waals surface area contributed by atoms with Gasteiger partial charge in [0.15, 0.2) is 5.78 Å². The molecule has 0 aromatic heterocycles. The Balaban J connectivity index is 2.89. The van der Waals surface area contributed by atoms with E-state index in [9.17, 15) is 4.79 Å². The number of nitrogens with one attached hydrogen (secondary N) is 1. The average Bonchev–Trinajstić information content (AvgIpc) is 2.22. The van der Waals surface area contributed by atoms with Crippen molar-refractivity contribution in [2.45, 2.75) is 19.8 Å². The second-order valence-corrected chi connectivity index (χ2v) is 3.78. The molecule has 1 saturated heterocycles. The molecule has 0 aromatic carbocycles. The van der Waals surface area contributed by atoms with E-state index < -0.39 is 5.41 Å². The van der Waals surface area contributed by atoms with E-state index in [0.29, 0.717) is 25.3 Å². The van der Waals surface area contributed by atoms with Crippen LogP contribution in [-0.2, 0) is 9.53 Å². The van der Waals surface area contributed by atoms with Gasteiger partial charge < -0.3 is 10.1 Å². The van der Waals surface area contributed by atoms with E-state index in [-0.39, 0.29) is 5.78 Å². The van der Waals surface area contributed by atoms with Gasteiger partial charge in [-0.2, -0.15) is 0 Å². The van der Waals surface area contributed by atoms with E-state index in [4.69, 9.17) is 4.74 Å². The Hall–Kier alpha value is -1.09. The lowest BCUT2D eigenvalue weighted by Crippen LogP contribution is -2.47. The van der Waals surface area contributed by atoms with E-state index >= 15 is 0 Å². The van der Waals surface area contributed by atoms with Crippen LogP contribution in [0.5, 0.6) is 0 Å². The lowest BCUT2D eigenvalue weighted by Gasteiger charge is -2.36. The van der Waals surface area contributed by atoms with Crippen LogP contribution in [0, 0.1) is 5.41 Å². The lowest BCUT2D eigenvalue weighted by atomic mass is 9.74. The maximum Gasteiger partial charge on any atom is 0.160 e. The minimum Gasteiger partial charge on any atom is -0.498 e. The highest BCUT2D eigenvalue weighted by molar-refractivity contribution is 5.90. The summed E-state index contributed by atoms with van der Waals surface area (Å²) in [5.41, 5.74) is -0.539. The summed E-state index contributed by atoms with van der Waals surface area (Å²) in [5.74, 6) is 0.753. The van der Waals surface area contributed by atoms with Gasteiger partial charge in [0.25, 0.3) is 0 Å². The van der Waals surface area contributed by atoms with Crippen molar-refractivity contribution in [2.24, 2.45) is 5.41 Å². The zero-order chi connectivity index (χ0) is 11.3. The molecule has 84 valence electrons. The summed E-state index contributed by atoms with van der Waals surface area (Å²) in [6.45, 7) is 11.3. The quantitative estimate of drug-likeness (QED) is 0.553. The fourth-order valence-corrected chi connectivity index (χ4v) is 2.00. The number of hydrogen-bond donors (Lipinski definition) is 1. The summed E-state index contributed by atoms with van der Waals surface area (Å²) in [4.78, 5) is 12.0. The molecule has 0 amide bonds. The monoisotopic (exact) mass is 209 g/mol. The first-order valence-corrected chi connectivity index (χ1v) is 5.34. The predicted molar refractivity (Wildman–Crippen MR) is 60.5 cm³/mol. The van der Waals surface area contributed by atoms with Gasteiger partial charge >= 0.3 is 0 Å². The van der Waals surface area contributed by atoms with Gasteiger partial charge in [0.05, 0.1) is 18.6 Å². The number of ketones is 1. The molecular weight excluding hydrogens is 190 g/mol. The zero-order valence-corrected chi connectivity index (χ0v) is 9.34. The van der Waals surface area contributed by atoms with Crippen LogP contribution >= 0.6 is 0 Å². The SMILES string of the molecule is C=CCC1(C(=C)OCC)CCNCC1=O. The molecule has 1 heterocycles. The third kappa shape index (κ3) is 2.29. The van der Waals surface area contributed by atoms with Gasteiger partial charge in [0, 0.05) is 0 Å². The Kier molecular flexibility index (Phi) is 4.09. The van der Waals surface area contributed by atoms with Crippen LogP contribution < -0.4 is 5.32 Å². The van der Waals surface area contributed by atoms with Gasteiger partial charge in [-0.25, -0.2) is 0 Å². The molecule has 3 nitrogen and oxygen atoms in total. The van der Waals surface area contributed by atoms with E-state index in [1.165, 1.54) is 0 Å². The standard InChI is InChI=1S/C12H19NO2/c1-4-6-12(10(3)15-5-2)7-8-13-9-11(12)14/h4,13H,1,3,5-9H2,2H3. The third-order valence-electron chi connectivity index (χ3n) is 2.89. The number of carbonyl (C=O) groups excluding carboxylic acids is 1. The molecule has 1 aliphatic heterocycles. The van der Waals surface area contributed by atoms with E-state index in [1.54, 1.807) is 6.08 Å². The van der Waals surface area contributed by atoms with E-state index in [0.717, 1.165) is 13.0 Å². The smallest absolute Gasteiger partial charge is 0.160 e. The number of rotatable bonds is 5. The van der Waals surface area contributed by atoms with Crippen molar-refractivity contribution >= 4 is 5.78 Å². The molecule has 1 unspecified atom stereocenters. The van der Waals surface area contributed by atoms with Crippen molar-refractivity contribution < 1.29 is 9.53 Å². The fraction of sp³-hybridized carbons (Fsp3) is 0.583. The van der Waals surface area contributed by atoms with E-state index in [2.05, 4.69) is 18.5 Å². The molecule has 0 saturated carbocycles. The van der Waals surface area contributed by atoms with Gasteiger partial charge in [-0.1, -0.05) is 12.7 Å². The van der Waals surface area contributed by atoms with Crippen LogP contribution in [0.25, 0.3) is 0 Å². The molecule has 1 rings (SSSR count). The summed E-state index contributed by atoms with van der Waals surface area (Å²) in [7, 11) is 0. The maximum atomic E-state index is 12.0. The Morgan fingerprint density at radius 1 is 1.73 bits per heavy atom. The molecule has 3 heteroatoms. The highest BCUT2D eigenvalue weighted by Gasteiger charge is 2.42. The lowest BCUT2D eigenvalue weighted by molar-refractivity contribution is -0.129. The topological polar surface area (TPSA) is 38.3 Å². The van der Waals surface area contributed by atoms with E-state index in [1.807, 2.05) is 6.92 Å². The van der Waals surface area contributed by atoms with Crippen molar-refractivity contribution in [3.63, 3.8) is 0 Å². The normalized spacial score (nSPS) is 26.1. The fourth-order valence-electron chi connectivity index (χ4n) is 2.00. The van der Waals surface area contributed by atoms with Crippen molar-refractivity contribution in [1.29, 1.82) is 0 Å². The summed E-state index contributed by atoms with van der Waals surface area (Å²) < 4.78 is 5.42. The van der Waals surface area contributed by atoms with Crippen LogP contribution in [0.15, 0.2) is 25.0 Å². The molecule has 0 aromatic rings. The number of allylic oxidation sites excluding steroid dienone is 2. The Morgan fingerprint density at radius 3 is 3.00 bits per heavy atom. The molecule has 1 N–H and O–H groups in total. The number of carbonyl (C=O) groups is 1. The third-order valence-corrected chi connectivity index (χ3v) is 2.89. The molecule has 0 bridgehead atoms. The van der Waals surface area contributed by atoms with Crippen molar-refractivity contribution in [1.82, 2.24) is 5.32 Å². The Morgan fingerprint density at radius 2 is 2.47 bits per heavy atom. The first kappa shape index (κ1) is 12.0. The molecule has 0 radical (unpaired) electrons. The summed E-state index contributed by atoms with van der Waals surface area (Å²) in [6, 6.07) is 0. The number of piperidine rings is 1. The van der Waals surface area contributed by atoms with Crippen LogP contribution in [0.2, 0.25) is 0 Å². The van der Waals surface area contributed by atoms with Gasteiger partial charge in [0.1, 0.15) is 5.76 Å². The summed E-state index contributed by atoms with van der Waals surface area (Å²) in [6.07, 6.45) is 3.14. The first-order valence-electron chi connectivity index (χ1n) is 5.34. The van der Waals surface area contributed by atoms with Crippen LogP contribution in [0.3, 0.4) is 0 Å². The number of ether oxygens (including phenoxy) is 1. The van der Waals surface area contributed by atoms with Crippen LogP contribution in [-0.4, -0.2) is 25.5 Å². The molecular formula is C12H19NO2. The molecule has 0 spiro atoms. The van der Waals surface area contributed by atoms with Crippen molar-refractivity contribution in [3.05, 3.63) is 25.0 Å². The Bertz CT molecular complexity index is 273. The van der Waals surface area contributed by atoms with Gasteiger partial charge in [-0.15, -0.1) is 6.58 Å².